The smallest absolute Gasteiger partial charge is 0.323 e. The second kappa shape index (κ2) is 9.65. The third kappa shape index (κ3) is 5.64. The second-order valence-corrected chi connectivity index (χ2v) is 5.74. The van der Waals surface area contributed by atoms with Crippen molar-refractivity contribution in [3.05, 3.63) is 101 Å². The molecule has 8 heteroatoms. The summed E-state index contributed by atoms with van der Waals surface area (Å²) in [5, 5.41) is 14.8. The predicted molar refractivity (Wildman–Crippen MR) is 107 cm³/mol. The molecule has 3 aromatic rings. The maximum atomic E-state index is 12.6. The Morgan fingerprint density at radius 3 is 1.97 bits per heavy atom. The summed E-state index contributed by atoms with van der Waals surface area (Å²) in [6.45, 7) is 0. The number of nitrogens with zero attached hydrogens (tertiary/aromatic N) is 2. The molecule has 0 saturated heterocycles. The molecule has 0 bridgehead atoms. The highest BCUT2D eigenvalue weighted by Gasteiger charge is 2.22. The van der Waals surface area contributed by atoms with Crippen molar-refractivity contribution in [1.82, 2.24) is 5.43 Å². The molecule has 0 fully saturated rings. The third-order valence-electron chi connectivity index (χ3n) is 3.70. The number of carbonyl (C=O) groups excluding carboxylic acids is 1. The predicted octanol–water partition coefficient (Wildman–Crippen LogP) is 3.53. The number of nitrogens with one attached hydrogen (secondary N) is 1. The van der Waals surface area contributed by atoms with Gasteiger partial charge in [0.05, 0.1) is 16.7 Å². The Balaban J connectivity index is 1.73. The summed E-state index contributed by atoms with van der Waals surface area (Å²) in [5.74, 6) is 0.199. The van der Waals surface area contributed by atoms with E-state index in [1.165, 1.54) is 18.3 Å². The van der Waals surface area contributed by atoms with Gasteiger partial charge in [0, 0.05) is 6.07 Å². The molecule has 1 N–H and O–H groups in total. The molecular formula is C21H17N3O5. The quantitative estimate of drug-likeness (QED) is 0.274. The molecule has 29 heavy (non-hydrogen) atoms. The van der Waals surface area contributed by atoms with Crippen molar-refractivity contribution < 1.29 is 19.2 Å². The zero-order valence-electron chi connectivity index (χ0n) is 15.2. The van der Waals surface area contributed by atoms with Gasteiger partial charge in [-0.2, -0.15) is 5.10 Å². The highest BCUT2D eigenvalue weighted by atomic mass is 16.7. The number of hydrogen-bond acceptors (Lipinski definition) is 6. The van der Waals surface area contributed by atoms with Crippen molar-refractivity contribution >= 4 is 17.8 Å². The zero-order chi connectivity index (χ0) is 20.5. The second-order valence-electron chi connectivity index (χ2n) is 5.74. The SMILES string of the molecule is O=C(NN=Cc1ccccc1[N+](=O)[O-])C(Oc1ccccc1)Oc1ccccc1. The van der Waals surface area contributed by atoms with Crippen LogP contribution in [0.4, 0.5) is 5.69 Å². The Hall–Kier alpha value is -4.20. The molecular weight excluding hydrogens is 374 g/mol. The minimum Gasteiger partial charge on any atom is -0.446 e. The van der Waals surface area contributed by atoms with E-state index >= 15 is 0 Å². The summed E-state index contributed by atoms with van der Waals surface area (Å²) in [5.41, 5.74) is 2.43. The lowest BCUT2D eigenvalue weighted by molar-refractivity contribution is -0.385. The molecule has 0 spiro atoms. The van der Waals surface area contributed by atoms with Crippen LogP contribution < -0.4 is 14.9 Å². The number of hydrazone groups is 1. The van der Waals surface area contributed by atoms with Gasteiger partial charge >= 0.3 is 12.2 Å². The topological polar surface area (TPSA) is 103 Å². The highest BCUT2D eigenvalue weighted by Crippen LogP contribution is 2.17. The molecule has 8 nitrogen and oxygen atoms in total. The van der Waals surface area contributed by atoms with Gasteiger partial charge in [0.15, 0.2) is 0 Å². The van der Waals surface area contributed by atoms with Crippen LogP contribution in [0.25, 0.3) is 0 Å². The highest BCUT2D eigenvalue weighted by molar-refractivity contribution is 5.87. The van der Waals surface area contributed by atoms with Crippen molar-refractivity contribution in [3.63, 3.8) is 0 Å². The average molecular weight is 391 g/mol. The van der Waals surface area contributed by atoms with Crippen LogP contribution in [-0.2, 0) is 4.79 Å². The van der Waals surface area contributed by atoms with E-state index in [9.17, 15) is 14.9 Å². The van der Waals surface area contributed by atoms with Crippen molar-refractivity contribution in [2.45, 2.75) is 6.29 Å². The van der Waals surface area contributed by atoms with E-state index in [2.05, 4.69) is 10.5 Å². The summed E-state index contributed by atoms with van der Waals surface area (Å²) in [6, 6.07) is 23.5. The Labute approximate surface area is 166 Å². The van der Waals surface area contributed by atoms with Crippen LogP contribution in [0.1, 0.15) is 5.56 Å². The maximum absolute atomic E-state index is 12.6. The van der Waals surface area contributed by atoms with Gasteiger partial charge in [0.1, 0.15) is 11.5 Å². The van der Waals surface area contributed by atoms with Crippen molar-refractivity contribution in [2.24, 2.45) is 5.10 Å². The molecule has 0 heterocycles. The molecule has 0 unspecified atom stereocenters. The normalized spacial score (nSPS) is 10.7. The molecule has 0 aromatic heterocycles. The lowest BCUT2D eigenvalue weighted by Gasteiger charge is -2.18. The number of amides is 1. The average Bonchev–Trinajstić information content (AvgIpc) is 2.75. The van der Waals surface area contributed by atoms with Crippen molar-refractivity contribution in [3.8, 4) is 11.5 Å². The van der Waals surface area contributed by atoms with Gasteiger partial charge < -0.3 is 9.47 Å². The van der Waals surface area contributed by atoms with Crippen LogP contribution in [0.5, 0.6) is 11.5 Å². The monoisotopic (exact) mass is 391 g/mol. The molecule has 0 aliphatic rings. The van der Waals surface area contributed by atoms with Gasteiger partial charge in [-0.1, -0.05) is 48.5 Å². The number of nitro groups is 1. The number of hydrogen-bond donors (Lipinski definition) is 1. The van der Waals surface area contributed by atoms with E-state index in [1.54, 1.807) is 60.7 Å². The number of carbonyl (C=O) groups is 1. The summed E-state index contributed by atoms with van der Waals surface area (Å²) in [6.07, 6.45) is -0.124. The molecule has 146 valence electrons. The van der Waals surface area contributed by atoms with Crippen LogP contribution >= 0.6 is 0 Å². The summed E-state index contributed by atoms with van der Waals surface area (Å²) in [4.78, 5) is 23.1. The van der Waals surface area contributed by atoms with E-state index in [1.807, 2.05) is 12.1 Å². The van der Waals surface area contributed by atoms with E-state index in [0.717, 1.165) is 0 Å². The number of ether oxygens (including phenoxy) is 2. The summed E-state index contributed by atoms with van der Waals surface area (Å²) < 4.78 is 11.3. The van der Waals surface area contributed by atoms with Crippen LogP contribution in [0.3, 0.4) is 0 Å². The largest absolute Gasteiger partial charge is 0.446 e. The Kier molecular flexibility index (Phi) is 6.51. The number of rotatable bonds is 8. The van der Waals surface area contributed by atoms with Gasteiger partial charge in [-0.05, 0) is 30.3 Å². The minimum atomic E-state index is -1.32. The maximum Gasteiger partial charge on any atom is 0.323 e. The first kappa shape index (κ1) is 19.6. The molecule has 0 atom stereocenters. The van der Waals surface area contributed by atoms with E-state index in [4.69, 9.17) is 9.47 Å². The first-order chi connectivity index (χ1) is 14.1. The zero-order valence-corrected chi connectivity index (χ0v) is 15.2. The van der Waals surface area contributed by atoms with Crippen LogP contribution in [0.15, 0.2) is 90.0 Å². The summed E-state index contributed by atoms with van der Waals surface area (Å²) in [7, 11) is 0. The number of para-hydroxylation sites is 3. The van der Waals surface area contributed by atoms with Gasteiger partial charge in [-0.3, -0.25) is 14.9 Å². The van der Waals surface area contributed by atoms with E-state index < -0.39 is 17.1 Å². The van der Waals surface area contributed by atoms with Crippen LogP contribution in [0.2, 0.25) is 0 Å². The fourth-order valence-electron chi connectivity index (χ4n) is 2.36. The van der Waals surface area contributed by atoms with Crippen molar-refractivity contribution in [2.75, 3.05) is 0 Å². The molecule has 0 saturated carbocycles. The van der Waals surface area contributed by atoms with Gasteiger partial charge in [-0.25, -0.2) is 5.43 Å². The lowest BCUT2D eigenvalue weighted by Crippen LogP contribution is -2.40. The van der Waals surface area contributed by atoms with E-state index in [0.29, 0.717) is 11.5 Å². The van der Waals surface area contributed by atoms with Gasteiger partial charge in [-0.15, -0.1) is 0 Å². The lowest BCUT2D eigenvalue weighted by atomic mass is 10.2. The Bertz CT molecular complexity index is 952. The molecule has 1 amide bonds. The first-order valence-electron chi connectivity index (χ1n) is 8.63. The van der Waals surface area contributed by atoms with Crippen LogP contribution in [0, 0.1) is 10.1 Å². The van der Waals surface area contributed by atoms with Gasteiger partial charge in [0.2, 0.25) is 0 Å². The third-order valence-corrected chi connectivity index (χ3v) is 3.70. The van der Waals surface area contributed by atoms with Crippen molar-refractivity contribution in [1.29, 1.82) is 0 Å². The molecule has 0 radical (unpaired) electrons. The van der Waals surface area contributed by atoms with Gasteiger partial charge in [0.25, 0.3) is 5.69 Å². The fraction of sp³-hybridized carbons (Fsp3) is 0.0476. The molecule has 3 aromatic carbocycles. The molecule has 0 aliphatic carbocycles. The first-order valence-corrected chi connectivity index (χ1v) is 8.63. The number of benzene rings is 3. The molecule has 0 aliphatic heterocycles. The Morgan fingerprint density at radius 1 is 0.897 bits per heavy atom. The fourth-order valence-corrected chi connectivity index (χ4v) is 2.36. The number of nitro benzene ring substituents is 1. The Morgan fingerprint density at radius 2 is 1.41 bits per heavy atom. The summed E-state index contributed by atoms with van der Waals surface area (Å²) >= 11 is 0. The molecule has 3 rings (SSSR count). The van der Waals surface area contributed by atoms with E-state index in [-0.39, 0.29) is 11.3 Å². The standard InChI is InChI=1S/C21H17N3O5/c25-20(23-22-15-16-9-7-8-14-19(16)24(26)27)21(28-17-10-3-1-4-11-17)29-18-12-5-2-6-13-18/h1-15,21H,(H,23,25). The minimum absolute atomic E-state index is 0.122. The van der Waals surface area contributed by atoms with Crippen LogP contribution in [-0.4, -0.2) is 23.3 Å².